The number of methoxy groups -OCH3 is 1. The van der Waals surface area contributed by atoms with E-state index in [2.05, 4.69) is 0 Å². The smallest absolute Gasteiger partial charge is 0.214 e. The Bertz CT molecular complexity index is 349. The van der Waals surface area contributed by atoms with Crippen molar-refractivity contribution in [2.75, 3.05) is 19.1 Å². The van der Waals surface area contributed by atoms with Crippen molar-refractivity contribution in [3.05, 3.63) is 29.8 Å². The van der Waals surface area contributed by atoms with Gasteiger partial charge in [0.1, 0.15) is 0 Å². The van der Waals surface area contributed by atoms with Crippen molar-refractivity contribution in [1.29, 1.82) is 0 Å². The van der Waals surface area contributed by atoms with Crippen molar-refractivity contribution in [3.8, 4) is 0 Å². The van der Waals surface area contributed by atoms with Crippen molar-refractivity contribution in [1.82, 2.24) is 0 Å². The molecule has 3 heteroatoms. The maximum Gasteiger partial charge on any atom is 0.214 e. The molecule has 0 amide bonds. The van der Waals surface area contributed by atoms with Crippen LogP contribution in [-0.4, -0.2) is 26.2 Å². The van der Waals surface area contributed by atoms with Crippen LogP contribution in [0.1, 0.15) is 10.4 Å². The Balaban J connectivity index is 2.50. The van der Waals surface area contributed by atoms with Crippen LogP contribution in [0.5, 0.6) is 0 Å². The van der Waals surface area contributed by atoms with Gasteiger partial charge >= 0.3 is 0 Å². The average Bonchev–Trinajstić information content (AvgIpc) is 2.41. The Morgan fingerprint density at radius 2 is 2.08 bits per heavy atom. The van der Waals surface area contributed by atoms with Crippen LogP contribution >= 0.6 is 0 Å². The summed E-state index contributed by atoms with van der Waals surface area (Å²) in [5.41, 5.74) is 1.69. The number of Topliss-reactive ketones (excluding diaryl/α,β-unsaturated/α-hetero) is 1. The fourth-order valence-corrected chi connectivity index (χ4v) is 1.69. The highest BCUT2D eigenvalue weighted by molar-refractivity contribution is 6.09. The molecule has 68 valence electrons. The summed E-state index contributed by atoms with van der Waals surface area (Å²) in [5.74, 6) is 0.0422. The van der Waals surface area contributed by atoms with Gasteiger partial charge in [-0.3, -0.25) is 4.79 Å². The molecule has 0 aliphatic carbocycles. The lowest BCUT2D eigenvalue weighted by molar-refractivity contribution is 0.0644. The van der Waals surface area contributed by atoms with E-state index in [1.807, 2.05) is 36.2 Å². The molecular formula is C10H11NO2. The van der Waals surface area contributed by atoms with Crippen LogP contribution in [0, 0.1) is 0 Å². The van der Waals surface area contributed by atoms with Gasteiger partial charge in [0, 0.05) is 25.4 Å². The molecule has 0 radical (unpaired) electrons. The first-order chi connectivity index (χ1) is 6.25. The van der Waals surface area contributed by atoms with Gasteiger partial charge in [-0.15, -0.1) is 0 Å². The van der Waals surface area contributed by atoms with Crippen LogP contribution in [0.25, 0.3) is 0 Å². The van der Waals surface area contributed by atoms with Crippen molar-refractivity contribution in [3.63, 3.8) is 0 Å². The zero-order chi connectivity index (χ0) is 9.42. The van der Waals surface area contributed by atoms with E-state index in [0.29, 0.717) is 0 Å². The molecule has 0 fully saturated rings. The minimum atomic E-state index is -0.447. The van der Waals surface area contributed by atoms with Gasteiger partial charge in [0.2, 0.25) is 5.78 Å². The molecule has 1 aliphatic heterocycles. The summed E-state index contributed by atoms with van der Waals surface area (Å²) < 4.78 is 5.09. The second-order valence-corrected chi connectivity index (χ2v) is 3.08. The molecule has 1 heterocycles. The molecule has 1 atom stereocenters. The first-order valence-corrected chi connectivity index (χ1v) is 4.14. The van der Waals surface area contributed by atoms with Gasteiger partial charge in [-0.1, -0.05) is 12.1 Å². The standard InChI is InChI=1S/C10H11NO2/c1-11-8-6-4-3-5-7(8)9(12)10(11)13-2/h3-6,10H,1-2H3/t10-/m1/s1. The monoisotopic (exact) mass is 177 g/mol. The van der Waals surface area contributed by atoms with E-state index in [0.717, 1.165) is 11.3 Å². The van der Waals surface area contributed by atoms with E-state index >= 15 is 0 Å². The third-order valence-corrected chi connectivity index (χ3v) is 2.35. The number of benzene rings is 1. The molecular weight excluding hydrogens is 166 g/mol. The molecule has 0 aromatic heterocycles. The summed E-state index contributed by atoms with van der Waals surface area (Å²) in [6, 6.07) is 7.53. The van der Waals surface area contributed by atoms with Crippen LogP contribution in [0.15, 0.2) is 24.3 Å². The molecule has 0 saturated carbocycles. The van der Waals surface area contributed by atoms with Crippen molar-refractivity contribution >= 4 is 11.5 Å². The maximum atomic E-state index is 11.7. The number of para-hydroxylation sites is 1. The Hall–Kier alpha value is -1.35. The highest BCUT2D eigenvalue weighted by Gasteiger charge is 2.34. The lowest BCUT2D eigenvalue weighted by atomic mass is 10.1. The normalized spacial score (nSPS) is 20.6. The van der Waals surface area contributed by atoms with E-state index in [1.54, 1.807) is 7.11 Å². The zero-order valence-electron chi connectivity index (χ0n) is 7.65. The van der Waals surface area contributed by atoms with E-state index < -0.39 is 6.23 Å². The zero-order valence-corrected chi connectivity index (χ0v) is 7.65. The molecule has 0 unspecified atom stereocenters. The maximum absolute atomic E-state index is 11.7. The number of ether oxygens (including phenoxy) is 1. The van der Waals surface area contributed by atoms with Crippen LogP contribution in [0.4, 0.5) is 5.69 Å². The van der Waals surface area contributed by atoms with Gasteiger partial charge in [-0.05, 0) is 12.1 Å². The van der Waals surface area contributed by atoms with Gasteiger partial charge in [-0.25, -0.2) is 0 Å². The summed E-state index contributed by atoms with van der Waals surface area (Å²) in [5, 5.41) is 0. The predicted octanol–water partition coefficient (Wildman–Crippen LogP) is 1.29. The number of likely N-dealkylation sites (N-methyl/N-ethyl adjacent to an activating group) is 1. The number of fused-ring (bicyclic) bond motifs is 1. The number of carbonyl (C=O) groups excluding carboxylic acids is 1. The fourth-order valence-electron chi connectivity index (χ4n) is 1.69. The van der Waals surface area contributed by atoms with Crippen LogP contribution in [-0.2, 0) is 4.74 Å². The van der Waals surface area contributed by atoms with Crippen molar-refractivity contribution in [2.45, 2.75) is 6.23 Å². The van der Waals surface area contributed by atoms with Crippen molar-refractivity contribution < 1.29 is 9.53 Å². The largest absolute Gasteiger partial charge is 0.354 e. The lowest BCUT2D eigenvalue weighted by Gasteiger charge is -2.18. The van der Waals surface area contributed by atoms with Gasteiger partial charge in [-0.2, -0.15) is 0 Å². The Morgan fingerprint density at radius 1 is 1.38 bits per heavy atom. The number of hydrogen-bond acceptors (Lipinski definition) is 3. The van der Waals surface area contributed by atoms with E-state index in [-0.39, 0.29) is 5.78 Å². The Kier molecular flexibility index (Phi) is 1.81. The fraction of sp³-hybridized carbons (Fsp3) is 0.300. The predicted molar refractivity (Wildman–Crippen MR) is 50.0 cm³/mol. The highest BCUT2D eigenvalue weighted by Crippen LogP contribution is 2.30. The quantitative estimate of drug-likeness (QED) is 0.647. The minimum Gasteiger partial charge on any atom is -0.354 e. The van der Waals surface area contributed by atoms with Crippen LogP contribution < -0.4 is 4.90 Å². The molecule has 0 saturated heterocycles. The van der Waals surface area contributed by atoms with Gasteiger partial charge < -0.3 is 9.64 Å². The second-order valence-electron chi connectivity index (χ2n) is 3.08. The number of nitrogens with zero attached hydrogens (tertiary/aromatic N) is 1. The lowest BCUT2D eigenvalue weighted by Crippen LogP contribution is -2.33. The molecule has 1 aliphatic rings. The summed E-state index contributed by atoms with van der Waals surface area (Å²) >= 11 is 0. The SMILES string of the molecule is CO[C@@H]1C(=O)c2ccccc2N1C. The first-order valence-electron chi connectivity index (χ1n) is 4.14. The second kappa shape index (κ2) is 2.85. The third-order valence-electron chi connectivity index (χ3n) is 2.35. The number of rotatable bonds is 1. The van der Waals surface area contributed by atoms with Crippen molar-refractivity contribution in [2.24, 2.45) is 0 Å². The number of ketones is 1. The molecule has 0 N–H and O–H groups in total. The first kappa shape index (κ1) is 8.26. The van der Waals surface area contributed by atoms with Gasteiger partial charge in [0.05, 0.1) is 0 Å². The average molecular weight is 177 g/mol. The van der Waals surface area contributed by atoms with Crippen LogP contribution in [0.3, 0.4) is 0 Å². The molecule has 3 nitrogen and oxygen atoms in total. The molecule has 1 aromatic rings. The topological polar surface area (TPSA) is 29.5 Å². The van der Waals surface area contributed by atoms with E-state index in [4.69, 9.17) is 4.74 Å². The number of hydrogen-bond donors (Lipinski definition) is 0. The Labute approximate surface area is 76.9 Å². The molecule has 13 heavy (non-hydrogen) atoms. The van der Waals surface area contributed by atoms with Gasteiger partial charge in [0.25, 0.3) is 0 Å². The van der Waals surface area contributed by atoms with E-state index in [1.165, 1.54) is 0 Å². The third kappa shape index (κ3) is 1.04. The summed E-state index contributed by atoms with van der Waals surface area (Å²) in [7, 11) is 3.41. The summed E-state index contributed by atoms with van der Waals surface area (Å²) in [6.07, 6.45) is -0.447. The molecule has 0 bridgehead atoms. The summed E-state index contributed by atoms with van der Waals surface area (Å²) in [6.45, 7) is 0. The van der Waals surface area contributed by atoms with Crippen LogP contribution in [0.2, 0.25) is 0 Å². The Morgan fingerprint density at radius 3 is 2.69 bits per heavy atom. The van der Waals surface area contributed by atoms with E-state index in [9.17, 15) is 4.79 Å². The number of anilines is 1. The minimum absolute atomic E-state index is 0.0422. The van der Waals surface area contributed by atoms with Gasteiger partial charge in [0.15, 0.2) is 6.23 Å². The highest BCUT2D eigenvalue weighted by atomic mass is 16.5. The summed E-state index contributed by atoms with van der Waals surface area (Å²) in [4.78, 5) is 13.5. The molecule has 2 rings (SSSR count). The molecule has 0 spiro atoms. The number of carbonyl (C=O) groups is 1. The molecule has 1 aromatic carbocycles.